The van der Waals surface area contributed by atoms with Gasteiger partial charge in [0.25, 0.3) is 0 Å². The number of hydrogen-bond donors (Lipinski definition) is 4. The van der Waals surface area contributed by atoms with E-state index in [9.17, 15) is 13.2 Å². The molecule has 156 valence electrons. The quantitative estimate of drug-likeness (QED) is 0.599. The van der Waals surface area contributed by atoms with Crippen LogP contribution in [0.5, 0.6) is 5.75 Å². The first-order chi connectivity index (χ1) is 13.3. The van der Waals surface area contributed by atoms with Gasteiger partial charge in [-0.1, -0.05) is 23.7 Å². The monoisotopic (exact) mass is 427 g/mol. The van der Waals surface area contributed by atoms with E-state index in [1.54, 1.807) is 12.1 Å². The first-order valence-electron chi connectivity index (χ1n) is 8.66. The van der Waals surface area contributed by atoms with Gasteiger partial charge in [0.1, 0.15) is 11.4 Å². The predicted octanol–water partition coefficient (Wildman–Crippen LogP) is 3.69. The number of nitrogens with zero attached hydrogens (tertiary/aromatic N) is 1. The zero-order chi connectivity index (χ0) is 21.6. The standard InChI is InChI=1S/C19H21ClF3N5O/c1-17(2,3)29-12-6-4-10(5-7-12)15-13(18(21,22)23)8-11(9-14(15)20)19(25)26-16(24)27-28-19/h4-9,28H,25H2,1-3H3,(H3,24,26,27). The van der Waals surface area contributed by atoms with Crippen LogP contribution in [-0.4, -0.2) is 11.6 Å². The lowest BCUT2D eigenvalue weighted by molar-refractivity contribution is -0.137. The number of rotatable bonds is 3. The molecule has 3 rings (SSSR count). The Morgan fingerprint density at radius 2 is 1.72 bits per heavy atom. The highest BCUT2D eigenvalue weighted by molar-refractivity contribution is 6.33. The Hall–Kier alpha value is -2.49. The van der Waals surface area contributed by atoms with E-state index in [1.165, 1.54) is 18.2 Å². The first kappa shape index (κ1) is 21.2. The van der Waals surface area contributed by atoms with Crippen LogP contribution in [0.15, 0.2) is 41.4 Å². The fourth-order valence-corrected chi connectivity index (χ4v) is 3.26. The SMILES string of the molecule is CC(C)(C)Oc1ccc(-c2c(Cl)cc(C3(N)N=C(N)NN3)cc2C(F)(F)F)cc1. The summed E-state index contributed by atoms with van der Waals surface area (Å²) in [5.41, 5.74) is 15.4. The third-order valence-corrected chi connectivity index (χ3v) is 4.38. The smallest absolute Gasteiger partial charge is 0.417 e. The Morgan fingerprint density at radius 3 is 2.21 bits per heavy atom. The molecule has 2 aromatic carbocycles. The molecule has 0 saturated carbocycles. The summed E-state index contributed by atoms with van der Waals surface area (Å²) < 4.78 is 47.3. The number of halogens is 4. The molecule has 1 aliphatic rings. The molecule has 6 N–H and O–H groups in total. The molecule has 0 saturated heterocycles. The van der Waals surface area contributed by atoms with Crippen molar-refractivity contribution in [2.45, 2.75) is 38.3 Å². The van der Waals surface area contributed by atoms with Crippen molar-refractivity contribution in [1.29, 1.82) is 0 Å². The van der Waals surface area contributed by atoms with Gasteiger partial charge in [-0.25, -0.2) is 4.99 Å². The van der Waals surface area contributed by atoms with E-state index in [-0.39, 0.29) is 22.1 Å². The van der Waals surface area contributed by atoms with Gasteiger partial charge in [0.15, 0.2) is 0 Å². The summed E-state index contributed by atoms with van der Waals surface area (Å²) in [6.45, 7) is 5.63. The third-order valence-electron chi connectivity index (χ3n) is 4.08. The first-order valence-corrected chi connectivity index (χ1v) is 9.04. The van der Waals surface area contributed by atoms with Gasteiger partial charge in [-0.05, 0) is 50.6 Å². The van der Waals surface area contributed by atoms with Crippen LogP contribution in [0.1, 0.15) is 31.9 Å². The largest absolute Gasteiger partial charge is 0.488 e. The average Bonchev–Trinajstić information content (AvgIpc) is 2.93. The molecule has 10 heteroatoms. The molecular formula is C19H21ClF3N5O. The van der Waals surface area contributed by atoms with Crippen LogP contribution in [-0.2, 0) is 12.0 Å². The fraction of sp³-hybridized carbons (Fsp3) is 0.316. The lowest BCUT2D eigenvalue weighted by Gasteiger charge is -2.24. The van der Waals surface area contributed by atoms with Crippen molar-refractivity contribution in [1.82, 2.24) is 10.9 Å². The number of nitrogens with two attached hydrogens (primary N) is 2. The zero-order valence-corrected chi connectivity index (χ0v) is 16.7. The molecule has 2 aromatic rings. The maximum atomic E-state index is 13.9. The van der Waals surface area contributed by atoms with Crippen LogP contribution in [0.4, 0.5) is 13.2 Å². The number of benzene rings is 2. The summed E-state index contributed by atoms with van der Waals surface area (Å²) in [6, 6.07) is 8.51. The number of alkyl halides is 3. The van der Waals surface area contributed by atoms with Crippen LogP contribution in [0.3, 0.4) is 0 Å². The van der Waals surface area contributed by atoms with Gasteiger partial charge in [-0.15, -0.1) is 0 Å². The molecule has 1 aliphatic heterocycles. The second-order valence-corrected chi connectivity index (χ2v) is 8.04. The van der Waals surface area contributed by atoms with E-state index >= 15 is 0 Å². The molecule has 0 amide bonds. The van der Waals surface area contributed by atoms with Crippen molar-refractivity contribution < 1.29 is 17.9 Å². The molecule has 0 aromatic heterocycles. The Kier molecular flexibility index (Phi) is 5.18. The summed E-state index contributed by atoms with van der Waals surface area (Å²) >= 11 is 6.28. The van der Waals surface area contributed by atoms with Crippen LogP contribution in [0.2, 0.25) is 5.02 Å². The van der Waals surface area contributed by atoms with Crippen molar-refractivity contribution in [3.63, 3.8) is 0 Å². The van der Waals surface area contributed by atoms with Crippen molar-refractivity contribution in [2.24, 2.45) is 16.5 Å². The normalized spacial score (nSPS) is 19.7. The molecule has 1 atom stereocenters. The van der Waals surface area contributed by atoms with Gasteiger partial charge >= 0.3 is 6.18 Å². The van der Waals surface area contributed by atoms with Gasteiger partial charge < -0.3 is 10.5 Å². The molecule has 0 spiro atoms. The lowest BCUT2D eigenvalue weighted by Crippen LogP contribution is -2.50. The molecule has 0 fully saturated rings. The van der Waals surface area contributed by atoms with Crippen LogP contribution in [0.25, 0.3) is 11.1 Å². The molecule has 0 bridgehead atoms. The highest BCUT2D eigenvalue weighted by atomic mass is 35.5. The van der Waals surface area contributed by atoms with Gasteiger partial charge in [-0.2, -0.15) is 18.6 Å². The highest BCUT2D eigenvalue weighted by Crippen LogP contribution is 2.43. The summed E-state index contributed by atoms with van der Waals surface area (Å²) in [6.07, 6.45) is -4.67. The molecule has 1 heterocycles. The number of nitrogens with one attached hydrogen (secondary N) is 2. The number of hydrogen-bond acceptors (Lipinski definition) is 6. The number of hydrazine groups is 1. The molecular weight excluding hydrogens is 407 g/mol. The molecule has 6 nitrogen and oxygen atoms in total. The Balaban J connectivity index is 2.10. The van der Waals surface area contributed by atoms with Crippen molar-refractivity contribution in [3.8, 4) is 16.9 Å². The maximum absolute atomic E-state index is 13.9. The number of aliphatic imine (C=N–C) groups is 1. The minimum atomic E-state index is -4.67. The van der Waals surface area contributed by atoms with Gasteiger partial charge in [0.2, 0.25) is 11.7 Å². The Morgan fingerprint density at radius 1 is 1.10 bits per heavy atom. The van der Waals surface area contributed by atoms with Gasteiger partial charge in [0, 0.05) is 16.1 Å². The third kappa shape index (κ3) is 4.58. The van der Waals surface area contributed by atoms with Crippen molar-refractivity contribution >= 4 is 17.6 Å². The second-order valence-electron chi connectivity index (χ2n) is 7.63. The minimum Gasteiger partial charge on any atom is -0.488 e. The number of ether oxygens (including phenoxy) is 1. The van der Waals surface area contributed by atoms with Crippen LogP contribution in [0, 0.1) is 0 Å². The summed E-state index contributed by atoms with van der Waals surface area (Å²) in [7, 11) is 0. The van der Waals surface area contributed by atoms with E-state index in [2.05, 4.69) is 15.8 Å². The maximum Gasteiger partial charge on any atom is 0.417 e. The molecule has 0 radical (unpaired) electrons. The number of guanidine groups is 1. The van der Waals surface area contributed by atoms with Crippen LogP contribution < -0.4 is 27.1 Å². The van der Waals surface area contributed by atoms with E-state index in [1.807, 2.05) is 20.8 Å². The van der Waals surface area contributed by atoms with Crippen molar-refractivity contribution in [3.05, 3.63) is 52.5 Å². The summed E-state index contributed by atoms with van der Waals surface area (Å²) in [5.74, 6) is -1.18. The predicted molar refractivity (Wildman–Crippen MR) is 106 cm³/mol. The van der Waals surface area contributed by atoms with E-state index in [0.717, 1.165) is 6.07 Å². The zero-order valence-electron chi connectivity index (χ0n) is 16.0. The van der Waals surface area contributed by atoms with Crippen molar-refractivity contribution in [2.75, 3.05) is 0 Å². The molecule has 1 unspecified atom stereocenters. The van der Waals surface area contributed by atoms with Gasteiger partial charge in [0.05, 0.1) is 5.56 Å². The Bertz CT molecular complexity index is 954. The van der Waals surface area contributed by atoms with Gasteiger partial charge in [-0.3, -0.25) is 11.2 Å². The Labute approximate surface area is 171 Å². The second kappa shape index (κ2) is 7.08. The highest BCUT2D eigenvalue weighted by Gasteiger charge is 2.39. The molecule has 29 heavy (non-hydrogen) atoms. The average molecular weight is 428 g/mol. The van der Waals surface area contributed by atoms with E-state index in [4.69, 9.17) is 27.8 Å². The summed E-state index contributed by atoms with van der Waals surface area (Å²) in [4.78, 5) is 3.91. The lowest BCUT2D eigenvalue weighted by atomic mass is 9.95. The summed E-state index contributed by atoms with van der Waals surface area (Å²) in [5, 5.41) is -0.119. The van der Waals surface area contributed by atoms with Crippen LogP contribution >= 0.6 is 11.6 Å². The molecule has 0 aliphatic carbocycles. The topological polar surface area (TPSA) is 97.7 Å². The van der Waals surface area contributed by atoms with E-state index in [0.29, 0.717) is 11.3 Å². The van der Waals surface area contributed by atoms with E-state index < -0.39 is 23.1 Å². The fourth-order valence-electron chi connectivity index (χ4n) is 2.93. The minimum absolute atomic E-state index is 0.0132.